The first-order chi connectivity index (χ1) is 15.5. The van der Waals surface area contributed by atoms with Gasteiger partial charge in [0.15, 0.2) is 18.9 Å². The molecule has 0 saturated carbocycles. The smallest absolute Gasteiger partial charge is 0.187 e. The Morgan fingerprint density at radius 2 is 1.06 bits per heavy atom. The zero-order valence-electron chi connectivity index (χ0n) is 17.6. The molecule has 0 radical (unpaired) electrons. The first kappa shape index (κ1) is 27.0. The second-order valence-corrected chi connectivity index (χ2v) is 8.32. The summed E-state index contributed by atoms with van der Waals surface area (Å²) >= 11 is 0. The van der Waals surface area contributed by atoms with Crippen LogP contribution in [-0.4, -0.2) is 156 Å². The van der Waals surface area contributed by atoms with E-state index in [0.717, 1.165) is 0 Å². The Morgan fingerprint density at radius 1 is 0.545 bits per heavy atom. The lowest BCUT2D eigenvalue weighted by atomic mass is 9.96. The summed E-state index contributed by atoms with van der Waals surface area (Å²) < 4.78 is 26.5. The molecule has 0 spiro atoms. The van der Waals surface area contributed by atoms with E-state index < -0.39 is 105 Å². The summed E-state index contributed by atoms with van der Waals surface area (Å²) in [4.78, 5) is 0. The van der Waals surface area contributed by atoms with Gasteiger partial charge in [-0.3, -0.25) is 0 Å². The van der Waals surface area contributed by atoms with Crippen molar-refractivity contribution in [3.05, 3.63) is 0 Å². The van der Waals surface area contributed by atoms with Crippen LogP contribution >= 0.6 is 0 Å². The zero-order valence-corrected chi connectivity index (χ0v) is 17.6. The van der Waals surface area contributed by atoms with E-state index in [1.807, 2.05) is 0 Å². The monoisotopic (exact) mass is 488 g/mol. The average molecular weight is 488 g/mol. The largest absolute Gasteiger partial charge is 0.394 e. The second-order valence-electron chi connectivity index (χ2n) is 8.32. The molecule has 33 heavy (non-hydrogen) atoms. The van der Waals surface area contributed by atoms with E-state index in [1.54, 1.807) is 0 Å². The van der Waals surface area contributed by atoms with Crippen LogP contribution in [0.4, 0.5) is 0 Å². The topological polar surface area (TPSA) is 248 Å². The normalized spacial score (nSPS) is 53.7. The maximum absolute atomic E-state index is 10.6. The highest BCUT2D eigenvalue weighted by Crippen LogP contribution is 2.31. The van der Waals surface area contributed by atoms with Gasteiger partial charge in [-0.15, -0.1) is 0 Å². The van der Waals surface area contributed by atoms with E-state index in [2.05, 4.69) is 0 Å². The summed E-state index contributed by atoms with van der Waals surface area (Å²) in [6.07, 6.45) is -23.5. The Labute approximate surface area is 187 Å². The molecule has 3 aliphatic heterocycles. The minimum atomic E-state index is -1.82. The summed E-state index contributed by atoms with van der Waals surface area (Å²) in [5.74, 6) is 0. The van der Waals surface area contributed by atoms with Crippen LogP contribution < -0.4 is 0 Å². The van der Waals surface area contributed by atoms with Gasteiger partial charge in [0.25, 0.3) is 0 Å². The quantitative estimate of drug-likeness (QED) is 0.167. The van der Waals surface area contributed by atoms with Gasteiger partial charge in [0.05, 0.1) is 19.3 Å². The Balaban J connectivity index is 1.67. The summed E-state index contributed by atoms with van der Waals surface area (Å²) in [6.45, 7) is 0.00827. The number of aliphatic hydroxyl groups excluding tert-OH is 10. The van der Waals surface area contributed by atoms with Crippen molar-refractivity contribution in [3.63, 3.8) is 0 Å². The lowest BCUT2D eigenvalue weighted by Crippen LogP contribution is -2.65. The van der Waals surface area contributed by atoms with Crippen LogP contribution in [0.15, 0.2) is 0 Å². The molecule has 0 amide bonds. The standard InChI is InChI=1S/C18H32O15/c1-4-14(32-18-11(25)9(23)7(21)5(2-19)31-18)10(24)12(26)17(29-4)33-15-8(22)6(3-20)30-16(28)13(15)27/h4-28H,2-3H2,1H3/t4-,5+,6+,7+,8-,9-,10-,11-,12+,13-,14-,15-,16-,17-,18-/m0/s1. The fourth-order valence-corrected chi connectivity index (χ4v) is 4.02. The molecule has 0 aromatic rings. The maximum atomic E-state index is 10.6. The van der Waals surface area contributed by atoms with Gasteiger partial charge < -0.3 is 74.7 Å². The highest BCUT2D eigenvalue weighted by Gasteiger charge is 2.52. The molecule has 0 bridgehead atoms. The fraction of sp³-hybridized carbons (Fsp3) is 1.00. The molecular formula is C18H32O15. The Morgan fingerprint density at radius 3 is 1.67 bits per heavy atom. The van der Waals surface area contributed by atoms with Crippen LogP contribution in [0.25, 0.3) is 0 Å². The Hall–Kier alpha value is -0.600. The fourth-order valence-electron chi connectivity index (χ4n) is 4.02. The van der Waals surface area contributed by atoms with Gasteiger partial charge in [0.2, 0.25) is 0 Å². The number of rotatable bonds is 6. The molecule has 3 fully saturated rings. The molecule has 15 atom stereocenters. The first-order valence-electron chi connectivity index (χ1n) is 10.4. The van der Waals surface area contributed by atoms with Crippen molar-refractivity contribution in [2.45, 2.75) is 99.0 Å². The molecule has 0 aromatic heterocycles. The summed E-state index contributed by atoms with van der Waals surface area (Å²) in [7, 11) is 0. The minimum absolute atomic E-state index is 0.695. The number of ether oxygens (including phenoxy) is 5. The molecule has 3 aliphatic rings. The zero-order chi connectivity index (χ0) is 24.6. The van der Waals surface area contributed by atoms with Gasteiger partial charge >= 0.3 is 0 Å². The predicted molar refractivity (Wildman–Crippen MR) is 99.8 cm³/mol. The van der Waals surface area contributed by atoms with Gasteiger partial charge in [-0.05, 0) is 6.92 Å². The third kappa shape index (κ3) is 5.32. The average Bonchev–Trinajstić information content (AvgIpc) is 2.79. The minimum Gasteiger partial charge on any atom is -0.394 e. The van der Waals surface area contributed by atoms with Crippen LogP contribution in [0.2, 0.25) is 0 Å². The van der Waals surface area contributed by atoms with Crippen LogP contribution in [-0.2, 0) is 23.7 Å². The summed E-state index contributed by atoms with van der Waals surface area (Å²) in [5, 5.41) is 99.5. The van der Waals surface area contributed by atoms with Crippen molar-refractivity contribution < 1.29 is 74.7 Å². The van der Waals surface area contributed by atoms with Gasteiger partial charge in [0.1, 0.15) is 67.1 Å². The van der Waals surface area contributed by atoms with Crippen LogP contribution in [0, 0.1) is 0 Å². The van der Waals surface area contributed by atoms with Crippen LogP contribution in [0.3, 0.4) is 0 Å². The lowest BCUT2D eigenvalue weighted by Gasteiger charge is -2.47. The highest BCUT2D eigenvalue weighted by molar-refractivity contribution is 4.95. The molecular weight excluding hydrogens is 456 g/mol. The molecule has 15 heteroatoms. The van der Waals surface area contributed by atoms with E-state index in [4.69, 9.17) is 23.7 Å². The van der Waals surface area contributed by atoms with Gasteiger partial charge in [-0.1, -0.05) is 0 Å². The summed E-state index contributed by atoms with van der Waals surface area (Å²) in [6, 6.07) is 0. The molecule has 3 heterocycles. The molecule has 0 unspecified atom stereocenters. The maximum Gasteiger partial charge on any atom is 0.187 e. The molecule has 0 aromatic carbocycles. The number of aliphatic hydroxyl groups is 10. The van der Waals surface area contributed by atoms with Crippen molar-refractivity contribution in [2.24, 2.45) is 0 Å². The Kier molecular flexibility index (Phi) is 8.99. The Bertz CT molecular complexity index is 624. The van der Waals surface area contributed by atoms with Crippen LogP contribution in [0.1, 0.15) is 6.92 Å². The van der Waals surface area contributed by atoms with E-state index in [0.29, 0.717) is 0 Å². The van der Waals surface area contributed by atoms with Gasteiger partial charge in [0, 0.05) is 0 Å². The van der Waals surface area contributed by atoms with Crippen LogP contribution in [0.5, 0.6) is 0 Å². The third-order valence-electron chi connectivity index (χ3n) is 6.05. The molecule has 10 N–H and O–H groups in total. The molecule has 3 rings (SSSR count). The van der Waals surface area contributed by atoms with Crippen molar-refractivity contribution in [1.29, 1.82) is 0 Å². The summed E-state index contributed by atoms with van der Waals surface area (Å²) in [5.41, 5.74) is 0. The van der Waals surface area contributed by atoms with E-state index >= 15 is 0 Å². The van der Waals surface area contributed by atoms with Crippen molar-refractivity contribution in [2.75, 3.05) is 13.2 Å². The van der Waals surface area contributed by atoms with Gasteiger partial charge in [-0.2, -0.15) is 0 Å². The molecule has 15 nitrogen and oxygen atoms in total. The lowest BCUT2D eigenvalue weighted by molar-refractivity contribution is -0.374. The van der Waals surface area contributed by atoms with Crippen molar-refractivity contribution in [1.82, 2.24) is 0 Å². The molecule has 194 valence electrons. The van der Waals surface area contributed by atoms with E-state index in [9.17, 15) is 51.1 Å². The molecule has 3 saturated heterocycles. The number of hydrogen-bond donors (Lipinski definition) is 10. The SMILES string of the molecule is C[C@@H]1O[C@@H](O[C@H]2[C@@H](O)[C@@H](CO)O[C@H](O)[C@H]2O)[C@H](O)[C@H](O)[C@H]1O[C@@H]1O[C@H](CO)[C@@H](O)[C@H](O)[C@@H]1O. The first-order valence-corrected chi connectivity index (χ1v) is 10.4. The predicted octanol–water partition coefficient (Wildman–Crippen LogP) is -6.55. The second kappa shape index (κ2) is 11.0. The van der Waals surface area contributed by atoms with Crippen molar-refractivity contribution >= 4 is 0 Å². The van der Waals surface area contributed by atoms with Crippen molar-refractivity contribution in [3.8, 4) is 0 Å². The van der Waals surface area contributed by atoms with E-state index in [-0.39, 0.29) is 0 Å². The van der Waals surface area contributed by atoms with E-state index in [1.165, 1.54) is 6.92 Å². The van der Waals surface area contributed by atoms with Gasteiger partial charge in [-0.25, -0.2) is 0 Å². The third-order valence-corrected chi connectivity index (χ3v) is 6.05. The molecule has 0 aliphatic carbocycles. The number of hydrogen-bond acceptors (Lipinski definition) is 15. The highest BCUT2D eigenvalue weighted by atomic mass is 16.7.